The Kier molecular flexibility index (Phi) is 2.76. The normalized spacial score (nSPS) is 10.7. The first kappa shape index (κ1) is 11.5. The van der Waals surface area contributed by atoms with Crippen molar-refractivity contribution in [2.45, 2.75) is 6.42 Å². The number of para-hydroxylation sites is 1. The van der Waals surface area contributed by atoms with Crippen LogP contribution in [0.25, 0.3) is 11.0 Å². The molecule has 0 aliphatic rings. The van der Waals surface area contributed by atoms with Crippen LogP contribution >= 0.6 is 0 Å². The molecule has 0 saturated carbocycles. The van der Waals surface area contributed by atoms with E-state index in [2.05, 4.69) is 4.98 Å². The molecule has 2 N–H and O–H groups in total. The van der Waals surface area contributed by atoms with Crippen molar-refractivity contribution in [3.05, 3.63) is 65.7 Å². The first-order valence-corrected chi connectivity index (χ1v) is 5.95. The molecular formula is C15H12N2O2. The van der Waals surface area contributed by atoms with Gasteiger partial charge in [-0.25, -0.2) is 0 Å². The maximum Gasteiger partial charge on any atom is 0.252 e. The summed E-state index contributed by atoms with van der Waals surface area (Å²) < 4.78 is 5.74. The van der Waals surface area contributed by atoms with Gasteiger partial charge in [-0.1, -0.05) is 18.2 Å². The van der Waals surface area contributed by atoms with Gasteiger partial charge in [0, 0.05) is 24.2 Å². The smallest absolute Gasteiger partial charge is 0.252 e. The largest absolute Gasteiger partial charge is 0.460 e. The summed E-state index contributed by atoms with van der Waals surface area (Å²) in [6.07, 6.45) is 3.94. The molecule has 3 rings (SSSR count). The van der Waals surface area contributed by atoms with Gasteiger partial charge in [-0.3, -0.25) is 9.78 Å². The zero-order chi connectivity index (χ0) is 13.2. The van der Waals surface area contributed by atoms with Gasteiger partial charge in [0.15, 0.2) is 0 Å². The monoisotopic (exact) mass is 252 g/mol. The van der Waals surface area contributed by atoms with Crippen LogP contribution < -0.4 is 5.73 Å². The summed E-state index contributed by atoms with van der Waals surface area (Å²) in [6, 6.07) is 11.2. The highest BCUT2D eigenvalue weighted by Crippen LogP contribution is 2.27. The molecule has 2 heterocycles. The topological polar surface area (TPSA) is 69.1 Å². The van der Waals surface area contributed by atoms with Gasteiger partial charge in [0.25, 0.3) is 5.91 Å². The van der Waals surface area contributed by atoms with E-state index < -0.39 is 5.91 Å². The summed E-state index contributed by atoms with van der Waals surface area (Å²) in [5, 5.41) is 0.763. The summed E-state index contributed by atoms with van der Waals surface area (Å²) in [5.74, 6) is 0.133. The molecule has 3 aromatic rings. The Labute approximate surface area is 109 Å². The summed E-state index contributed by atoms with van der Waals surface area (Å²) in [4.78, 5) is 15.6. The van der Waals surface area contributed by atoms with Gasteiger partial charge in [-0.15, -0.1) is 0 Å². The average molecular weight is 252 g/mol. The van der Waals surface area contributed by atoms with Crippen molar-refractivity contribution in [3.63, 3.8) is 0 Å². The van der Waals surface area contributed by atoms with Crippen LogP contribution in [0.4, 0.5) is 0 Å². The second-order valence-electron chi connectivity index (χ2n) is 4.29. The van der Waals surface area contributed by atoms with Gasteiger partial charge in [0.05, 0.1) is 5.56 Å². The van der Waals surface area contributed by atoms with Crippen LogP contribution in [-0.2, 0) is 6.42 Å². The minimum atomic E-state index is -0.464. The maximum atomic E-state index is 11.6. The van der Waals surface area contributed by atoms with Crippen LogP contribution in [0.15, 0.2) is 53.2 Å². The lowest BCUT2D eigenvalue weighted by atomic mass is 10.1. The lowest BCUT2D eigenvalue weighted by molar-refractivity contribution is 0.1000. The van der Waals surface area contributed by atoms with Crippen molar-refractivity contribution >= 4 is 16.9 Å². The lowest BCUT2D eigenvalue weighted by Crippen LogP contribution is -2.12. The van der Waals surface area contributed by atoms with Crippen LogP contribution in [0.2, 0.25) is 0 Å². The van der Waals surface area contributed by atoms with Crippen LogP contribution in [0.3, 0.4) is 0 Å². The number of primary amides is 1. The number of amides is 1. The van der Waals surface area contributed by atoms with Gasteiger partial charge >= 0.3 is 0 Å². The third-order valence-corrected chi connectivity index (χ3v) is 3.03. The summed E-state index contributed by atoms with van der Waals surface area (Å²) in [5.41, 5.74) is 7.64. The minimum Gasteiger partial charge on any atom is -0.460 e. The molecule has 4 heteroatoms. The number of pyridine rings is 1. The van der Waals surface area contributed by atoms with Crippen LogP contribution in [0.5, 0.6) is 0 Å². The Balaban J connectivity index is 2.13. The fraction of sp³-hybridized carbons (Fsp3) is 0.0667. The minimum absolute atomic E-state index is 0.464. The van der Waals surface area contributed by atoms with Crippen molar-refractivity contribution in [2.75, 3.05) is 0 Å². The van der Waals surface area contributed by atoms with Gasteiger partial charge in [-0.05, 0) is 23.8 Å². The molecule has 0 spiro atoms. The molecule has 0 aliphatic carbocycles. The summed E-state index contributed by atoms with van der Waals surface area (Å²) >= 11 is 0. The van der Waals surface area contributed by atoms with Crippen LogP contribution in [0, 0.1) is 0 Å². The Morgan fingerprint density at radius 2 is 1.89 bits per heavy atom. The zero-order valence-electron chi connectivity index (χ0n) is 10.2. The lowest BCUT2D eigenvalue weighted by Gasteiger charge is -1.99. The summed E-state index contributed by atoms with van der Waals surface area (Å²) in [6.45, 7) is 0. The number of furan rings is 1. The fourth-order valence-corrected chi connectivity index (χ4v) is 2.18. The van der Waals surface area contributed by atoms with E-state index >= 15 is 0 Å². The number of hydrogen-bond acceptors (Lipinski definition) is 3. The highest BCUT2D eigenvalue weighted by molar-refractivity contribution is 6.06. The molecule has 0 unspecified atom stereocenters. The molecule has 4 nitrogen and oxygen atoms in total. The van der Waals surface area contributed by atoms with Crippen molar-refractivity contribution in [1.82, 2.24) is 4.98 Å². The predicted molar refractivity (Wildman–Crippen MR) is 71.8 cm³/mol. The van der Waals surface area contributed by atoms with E-state index in [4.69, 9.17) is 10.2 Å². The van der Waals surface area contributed by atoms with Crippen molar-refractivity contribution in [3.8, 4) is 0 Å². The van der Waals surface area contributed by atoms with Crippen molar-refractivity contribution in [1.29, 1.82) is 0 Å². The number of carbonyl (C=O) groups is 1. The number of aromatic nitrogens is 1. The van der Waals surface area contributed by atoms with E-state index in [-0.39, 0.29) is 0 Å². The Hall–Kier alpha value is -2.62. The van der Waals surface area contributed by atoms with Gasteiger partial charge in [0.1, 0.15) is 11.3 Å². The number of benzene rings is 1. The van der Waals surface area contributed by atoms with Gasteiger partial charge < -0.3 is 10.2 Å². The fourth-order valence-electron chi connectivity index (χ4n) is 2.18. The number of carbonyl (C=O) groups excluding carboxylic acids is 1. The summed E-state index contributed by atoms with van der Waals surface area (Å²) in [7, 11) is 0. The maximum absolute atomic E-state index is 11.6. The van der Waals surface area contributed by atoms with Gasteiger partial charge in [0.2, 0.25) is 0 Å². The molecular weight excluding hydrogens is 240 g/mol. The third-order valence-electron chi connectivity index (χ3n) is 3.03. The molecule has 0 aliphatic heterocycles. The Morgan fingerprint density at radius 1 is 1.16 bits per heavy atom. The van der Waals surface area contributed by atoms with E-state index in [9.17, 15) is 4.79 Å². The second kappa shape index (κ2) is 4.57. The van der Waals surface area contributed by atoms with E-state index in [1.54, 1.807) is 12.4 Å². The number of rotatable bonds is 3. The number of fused-ring (bicyclic) bond motifs is 1. The molecule has 0 fully saturated rings. The van der Waals surface area contributed by atoms with Crippen LogP contribution in [0.1, 0.15) is 21.7 Å². The SMILES string of the molecule is NC(=O)c1c(Cc2ccncc2)oc2ccccc12. The van der Waals surface area contributed by atoms with E-state index in [1.165, 1.54) is 0 Å². The first-order valence-electron chi connectivity index (χ1n) is 5.95. The molecule has 1 amide bonds. The Morgan fingerprint density at radius 3 is 2.63 bits per heavy atom. The van der Waals surface area contributed by atoms with Crippen LogP contribution in [-0.4, -0.2) is 10.9 Å². The average Bonchev–Trinajstić information content (AvgIpc) is 2.77. The molecule has 0 bridgehead atoms. The molecule has 0 atom stereocenters. The Bertz CT molecular complexity index is 732. The van der Waals surface area contributed by atoms with Crippen molar-refractivity contribution in [2.24, 2.45) is 5.73 Å². The molecule has 1 aromatic carbocycles. The standard InChI is InChI=1S/C15H12N2O2/c16-15(18)14-11-3-1-2-4-12(11)19-13(14)9-10-5-7-17-8-6-10/h1-8H,9H2,(H2,16,18). The molecule has 0 saturated heterocycles. The van der Waals surface area contributed by atoms with Gasteiger partial charge in [-0.2, -0.15) is 0 Å². The predicted octanol–water partition coefficient (Wildman–Crippen LogP) is 2.52. The quantitative estimate of drug-likeness (QED) is 0.778. The number of hydrogen-bond donors (Lipinski definition) is 1. The molecule has 94 valence electrons. The van der Waals surface area contributed by atoms with Crippen molar-refractivity contribution < 1.29 is 9.21 Å². The second-order valence-corrected chi connectivity index (χ2v) is 4.29. The highest BCUT2D eigenvalue weighted by Gasteiger charge is 2.18. The molecule has 19 heavy (non-hydrogen) atoms. The highest BCUT2D eigenvalue weighted by atomic mass is 16.3. The number of nitrogens with zero attached hydrogens (tertiary/aromatic N) is 1. The van der Waals surface area contributed by atoms with E-state index in [0.717, 1.165) is 10.9 Å². The first-order chi connectivity index (χ1) is 9.25. The van der Waals surface area contributed by atoms with E-state index in [0.29, 0.717) is 23.3 Å². The third kappa shape index (κ3) is 2.08. The molecule has 2 aromatic heterocycles. The molecule has 0 radical (unpaired) electrons. The number of nitrogens with two attached hydrogens (primary N) is 1. The zero-order valence-corrected chi connectivity index (χ0v) is 10.2. The van der Waals surface area contributed by atoms with E-state index in [1.807, 2.05) is 36.4 Å².